The zero-order chi connectivity index (χ0) is 12.3. The van der Waals surface area contributed by atoms with Gasteiger partial charge in [-0.25, -0.2) is 0 Å². The molecule has 0 heterocycles. The van der Waals surface area contributed by atoms with E-state index in [0.29, 0.717) is 11.5 Å². The van der Waals surface area contributed by atoms with Crippen LogP contribution in [0.5, 0.6) is 0 Å². The highest BCUT2D eigenvalue weighted by Crippen LogP contribution is 2.42. The summed E-state index contributed by atoms with van der Waals surface area (Å²) in [4.78, 5) is 0. The second-order valence-corrected chi connectivity index (χ2v) is 6.79. The third-order valence-electron chi connectivity index (χ3n) is 4.72. The maximum Gasteiger partial charge on any atom is 0.0693 e. The Morgan fingerprint density at radius 3 is 2.41 bits per heavy atom. The summed E-state index contributed by atoms with van der Waals surface area (Å²) in [5.41, 5.74) is 0.538. The Labute approximate surface area is 106 Å². The standard InChI is InChI=1S/C15H29NO/c1-12(2)10-15(8-3-4-9-15)11-16-13-6-5-7-14(13)17/h12-14,16-17H,3-11H2,1-2H3/t13-,14-/m0/s1. The lowest BCUT2D eigenvalue weighted by Gasteiger charge is -2.33. The summed E-state index contributed by atoms with van der Waals surface area (Å²) in [5, 5.41) is 13.5. The fraction of sp³-hybridized carbons (Fsp3) is 1.00. The van der Waals surface area contributed by atoms with Crippen molar-refractivity contribution in [1.82, 2.24) is 5.32 Å². The Bertz CT molecular complexity index is 233. The normalized spacial score (nSPS) is 32.5. The third-order valence-corrected chi connectivity index (χ3v) is 4.72. The molecule has 0 radical (unpaired) electrons. The first-order valence-electron chi connectivity index (χ1n) is 7.53. The monoisotopic (exact) mass is 239 g/mol. The largest absolute Gasteiger partial charge is 0.392 e. The Morgan fingerprint density at radius 1 is 1.18 bits per heavy atom. The predicted octanol–water partition coefficient (Wildman–Crippen LogP) is 3.10. The van der Waals surface area contributed by atoms with Crippen LogP contribution < -0.4 is 5.32 Å². The molecule has 0 amide bonds. The molecule has 0 aromatic heterocycles. The van der Waals surface area contributed by atoms with Gasteiger partial charge >= 0.3 is 0 Å². The lowest BCUT2D eigenvalue weighted by molar-refractivity contribution is 0.133. The molecule has 0 saturated heterocycles. The first-order valence-corrected chi connectivity index (χ1v) is 7.53. The summed E-state index contributed by atoms with van der Waals surface area (Å²) in [7, 11) is 0. The molecule has 0 bridgehead atoms. The van der Waals surface area contributed by atoms with E-state index >= 15 is 0 Å². The zero-order valence-electron chi connectivity index (χ0n) is 11.5. The molecule has 17 heavy (non-hydrogen) atoms. The minimum absolute atomic E-state index is 0.0903. The second kappa shape index (κ2) is 5.71. The van der Waals surface area contributed by atoms with Crippen LogP contribution in [0.3, 0.4) is 0 Å². The van der Waals surface area contributed by atoms with Crippen LogP contribution in [0.2, 0.25) is 0 Å². The van der Waals surface area contributed by atoms with Gasteiger partial charge in [0.2, 0.25) is 0 Å². The van der Waals surface area contributed by atoms with Gasteiger partial charge in [0.25, 0.3) is 0 Å². The van der Waals surface area contributed by atoms with E-state index in [0.717, 1.165) is 18.9 Å². The molecule has 0 unspecified atom stereocenters. The van der Waals surface area contributed by atoms with Crippen molar-refractivity contribution in [1.29, 1.82) is 0 Å². The van der Waals surface area contributed by atoms with Crippen LogP contribution in [-0.2, 0) is 0 Å². The van der Waals surface area contributed by atoms with Crippen LogP contribution >= 0.6 is 0 Å². The summed E-state index contributed by atoms with van der Waals surface area (Å²) in [6, 6.07) is 0.375. The van der Waals surface area contributed by atoms with Gasteiger partial charge in [-0.2, -0.15) is 0 Å². The maximum absolute atomic E-state index is 9.87. The van der Waals surface area contributed by atoms with Gasteiger partial charge in [-0.3, -0.25) is 0 Å². The molecule has 2 rings (SSSR count). The summed E-state index contributed by atoms with van der Waals surface area (Å²) in [5.74, 6) is 0.795. The van der Waals surface area contributed by atoms with E-state index in [4.69, 9.17) is 0 Å². The quantitative estimate of drug-likeness (QED) is 0.772. The van der Waals surface area contributed by atoms with Crippen LogP contribution in [0.4, 0.5) is 0 Å². The Kier molecular flexibility index (Phi) is 4.48. The molecule has 2 aliphatic rings. The highest BCUT2D eigenvalue weighted by Gasteiger charge is 2.35. The molecule has 2 heteroatoms. The van der Waals surface area contributed by atoms with Crippen molar-refractivity contribution in [3.05, 3.63) is 0 Å². The first kappa shape index (κ1) is 13.4. The molecule has 2 atom stereocenters. The van der Waals surface area contributed by atoms with Crippen LogP contribution in [-0.4, -0.2) is 23.8 Å². The molecule has 0 aliphatic heterocycles. The molecule has 2 N–H and O–H groups in total. The van der Waals surface area contributed by atoms with Crippen LogP contribution in [0.25, 0.3) is 0 Å². The number of hydrogen-bond donors (Lipinski definition) is 2. The predicted molar refractivity (Wildman–Crippen MR) is 72.0 cm³/mol. The molecule has 0 aromatic carbocycles. The molecule has 0 aromatic rings. The van der Waals surface area contributed by atoms with Crippen LogP contribution in [0.1, 0.15) is 65.2 Å². The van der Waals surface area contributed by atoms with Crippen molar-refractivity contribution in [3.63, 3.8) is 0 Å². The molecular weight excluding hydrogens is 210 g/mol. The van der Waals surface area contributed by atoms with Gasteiger partial charge in [-0.1, -0.05) is 26.7 Å². The van der Waals surface area contributed by atoms with Crippen molar-refractivity contribution in [2.75, 3.05) is 6.54 Å². The van der Waals surface area contributed by atoms with Gasteiger partial charge < -0.3 is 10.4 Å². The number of rotatable bonds is 5. The Balaban J connectivity index is 1.85. The van der Waals surface area contributed by atoms with E-state index < -0.39 is 0 Å². The molecule has 2 aliphatic carbocycles. The Hall–Kier alpha value is -0.0800. The minimum atomic E-state index is -0.0903. The van der Waals surface area contributed by atoms with Crippen molar-refractivity contribution >= 4 is 0 Å². The van der Waals surface area contributed by atoms with E-state index in [9.17, 15) is 5.11 Å². The van der Waals surface area contributed by atoms with Gasteiger partial charge in [-0.05, 0) is 49.9 Å². The van der Waals surface area contributed by atoms with Crippen molar-refractivity contribution in [2.45, 2.75) is 77.4 Å². The Morgan fingerprint density at radius 2 is 1.88 bits per heavy atom. The van der Waals surface area contributed by atoms with Crippen molar-refractivity contribution in [2.24, 2.45) is 11.3 Å². The van der Waals surface area contributed by atoms with Gasteiger partial charge in [0.15, 0.2) is 0 Å². The van der Waals surface area contributed by atoms with Gasteiger partial charge in [0.05, 0.1) is 6.10 Å². The smallest absolute Gasteiger partial charge is 0.0693 e. The van der Waals surface area contributed by atoms with Gasteiger partial charge in [0.1, 0.15) is 0 Å². The van der Waals surface area contributed by atoms with E-state index in [2.05, 4.69) is 19.2 Å². The molecule has 2 nitrogen and oxygen atoms in total. The fourth-order valence-corrected chi connectivity index (χ4v) is 3.97. The van der Waals surface area contributed by atoms with Crippen molar-refractivity contribution < 1.29 is 5.11 Å². The van der Waals surface area contributed by atoms with Crippen LogP contribution in [0, 0.1) is 11.3 Å². The zero-order valence-corrected chi connectivity index (χ0v) is 11.5. The lowest BCUT2D eigenvalue weighted by atomic mass is 9.78. The highest BCUT2D eigenvalue weighted by atomic mass is 16.3. The van der Waals surface area contributed by atoms with E-state index in [-0.39, 0.29) is 6.10 Å². The van der Waals surface area contributed by atoms with E-state index in [1.54, 1.807) is 0 Å². The topological polar surface area (TPSA) is 32.3 Å². The number of aliphatic hydroxyl groups is 1. The van der Waals surface area contributed by atoms with Crippen molar-refractivity contribution in [3.8, 4) is 0 Å². The summed E-state index contributed by atoms with van der Waals surface area (Å²) in [6.07, 6.45) is 10.2. The maximum atomic E-state index is 9.87. The molecule has 2 saturated carbocycles. The second-order valence-electron chi connectivity index (χ2n) is 6.79. The van der Waals surface area contributed by atoms with Gasteiger partial charge in [0, 0.05) is 12.6 Å². The van der Waals surface area contributed by atoms with Crippen LogP contribution in [0.15, 0.2) is 0 Å². The molecule has 100 valence electrons. The highest BCUT2D eigenvalue weighted by molar-refractivity contribution is 4.91. The first-order chi connectivity index (χ1) is 8.11. The van der Waals surface area contributed by atoms with E-state index in [1.165, 1.54) is 44.9 Å². The summed E-state index contributed by atoms with van der Waals surface area (Å²) >= 11 is 0. The lowest BCUT2D eigenvalue weighted by Crippen LogP contribution is -2.42. The number of aliphatic hydroxyl groups excluding tert-OH is 1. The fourth-order valence-electron chi connectivity index (χ4n) is 3.97. The molecular formula is C15H29NO. The van der Waals surface area contributed by atoms with E-state index in [1.807, 2.05) is 0 Å². The summed E-state index contributed by atoms with van der Waals surface area (Å²) < 4.78 is 0. The summed E-state index contributed by atoms with van der Waals surface area (Å²) in [6.45, 7) is 5.81. The number of hydrogen-bond acceptors (Lipinski definition) is 2. The average molecular weight is 239 g/mol. The number of nitrogens with one attached hydrogen (secondary N) is 1. The molecule has 0 spiro atoms. The SMILES string of the molecule is CC(C)CC1(CN[C@H]2CCC[C@@H]2O)CCCC1. The average Bonchev–Trinajstić information content (AvgIpc) is 2.85. The van der Waals surface area contributed by atoms with Gasteiger partial charge in [-0.15, -0.1) is 0 Å². The molecule has 2 fully saturated rings. The third kappa shape index (κ3) is 3.45. The minimum Gasteiger partial charge on any atom is -0.392 e.